The number of nitro groups is 2. The molecule has 8 N–H and O–H groups in total. The smallest absolute Gasteiger partial charge is 0.508 e. The average molecular weight is 578 g/mol. The van der Waals surface area contributed by atoms with Crippen molar-refractivity contribution >= 4 is 34.1 Å². The number of nitrogens with zero attached hydrogens (tertiary/aromatic N) is 2. The van der Waals surface area contributed by atoms with E-state index in [0.29, 0.717) is 18.2 Å². The van der Waals surface area contributed by atoms with Gasteiger partial charge < -0.3 is 45.9 Å². The normalized spacial score (nSPS) is 13.4. The summed E-state index contributed by atoms with van der Waals surface area (Å²) in [6.07, 6.45) is -2.10. The van der Waals surface area contributed by atoms with E-state index in [4.69, 9.17) is 30.4 Å². The fourth-order valence-corrected chi connectivity index (χ4v) is 3.87. The molecule has 4 aromatic rings. The Hall–Kier alpha value is -6.32. The number of nitrogens with one attached hydrogen (secondary N) is 2. The van der Waals surface area contributed by atoms with Gasteiger partial charge in [0.25, 0.3) is 11.4 Å². The van der Waals surface area contributed by atoms with Gasteiger partial charge in [-0.15, -0.1) is 0 Å². The summed E-state index contributed by atoms with van der Waals surface area (Å²) in [5, 5.41) is 46.6. The van der Waals surface area contributed by atoms with Gasteiger partial charge in [0.15, 0.2) is 24.0 Å². The molecular formula is C26H22N6O10. The third kappa shape index (κ3) is 5.67. The van der Waals surface area contributed by atoms with E-state index in [1.807, 2.05) is 0 Å². The van der Waals surface area contributed by atoms with Gasteiger partial charge in [0.1, 0.15) is 17.2 Å². The molecule has 16 heteroatoms. The predicted octanol–water partition coefficient (Wildman–Crippen LogP) is 4.10. The highest BCUT2D eigenvalue weighted by atomic mass is 16.9. The first-order chi connectivity index (χ1) is 20.0. The topological polar surface area (TPSA) is 240 Å². The van der Waals surface area contributed by atoms with Crippen LogP contribution in [-0.2, 0) is 0 Å². The van der Waals surface area contributed by atoms with Crippen LogP contribution in [0.1, 0.15) is 0 Å². The van der Waals surface area contributed by atoms with Crippen molar-refractivity contribution in [2.75, 3.05) is 28.8 Å². The second kappa shape index (κ2) is 10.7. The molecule has 6 rings (SSSR count). The van der Waals surface area contributed by atoms with Crippen LogP contribution in [0.25, 0.3) is 0 Å². The molecule has 2 aliphatic rings. The molecule has 0 unspecified atom stereocenters. The lowest BCUT2D eigenvalue weighted by Crippen LogP contribution is -2.52. The van der Waals surface area contributed by atoms with Gasteiger partial charge in [-0.3, -0.25) is 25.5 Å². The number of benzene rings is 4. The number of non-ortho nitro benzene ring substituents is 2. The van der Waals surface area contributed by atoms with Gasteiger partial charge >= 0.3 is 6.10 Å². The molecule has 0 amide bonds. The molecule has 0 aromatic heterocycles. The van der Waals surface area contributed by atoms with Gasteiger partial charge in [-0.1, -0.05) is 0 Å². The lowest BCUT2D eigenvalue weighted by molar-refractivity contribution is -0.385. The molecule has 2 heterocycles. The van der Waals surface area contributed by atoms with Gasteiger partial charge in [-0.2, -0.15) is 0 Å². The van der Waals surface area contributed by atoms with Crippen LogP contribution < -0.4 is 41.0 Å². The number of fused-ring (bicyclic) bond motifs is 2. The number of rotatable bonds is 6. The summed E-state index contributed by atoms with van der Waals surface area (Å²) >= 11 is 0. The Morgan fingerprint density at radius 3 is 1.83 bits per heavy atom. The van der Waals surface area contributed by atoms with Crippen LogP contribution in [0.4, 0.5) is 34.1 Å². The number of hydrogen-bond acceptors (Lipinski definition) is 14. The summed E-state index contributed by atoms with van der Waals surface area (Å²) in [5.41, 5.74) is 12.9. The van der Waals surface area contributed by atoms with Crippen molar-refractivity contribution in [1.29, 1.82) is 0 Å². The second-order valence-corrected chi connectivity index (χ2v) is 8.77. The molecule has 2 aliphatic heterocycles. The number of phenols is 2. The van der Waals surface area contributed by atoms with Gasteiger partial charge in [0, 0.05) is 36.4 Å². The van der Waals surface area contributed by atoms with E-state index in [1.54, 1.807) is 6.07 Å². The van der Waals surface area contributed by atoms with E-state index in [1.165, 1.54) is 66.7 Å². The van der Waals surface area contributed by atoms with Crippen LogP contribution in [0.15, 0.2) is 72.8 Å². The third-order valence-electron chi connectivity index (χ3n) is 5.85. The number of nitrogens with two attached hydrogens (primary N) is 2. The Balaban J connectivity index is 0.000000244. The zero-order chi connectivity index (χ0) is 30.0. The van der Waals surface area contributed by atoms with Gasteiger partial charge in [0.05, 0.1) is 32.6 Å². The first-order valence-corrected chi connectivity index (χ1v) is 12.0. The van der Waals surface area contributed by atoms with Gasteiger partial charge in [-0.05, 0) is 36.4 Å². The van der Waals surface area contributed by atoms with Crippen molar-refractivity contribution in [3.05, 3.63) is 93.0 Å². The number of nitro benzene ring substituents is 2. The Morgan fingerprint density at radius 1 is 0.762 bits per heavy atom. The molecule has 216 valence electrons. The maximum absolute atomic E-state index is 11.1. The highest BCUT2D eigenvalue weighted by molar-refractivity contribution is 5.66. The maximum atomic E-state index is 11.1. The number of ether oxygens (including phenoxy) is 4. The van der Waals surface area contributed by atoms with Crippen LogP contribution in [-0.4, -0.2) is 32.9 Å². The van der Waals surface area contributed by atoms with Crippen molar-refractivity contribution in [2.24, 2.45) is 0 Å². The SMILES string of the molecule is Nc1ccc(O)cc1OC1(Oc2cc(O)ccc2N)Nc2cc([N+](=O)[O-])ccc2O1.O=[N+]([O-])c1ccc2c(c1)NCO2. The minimum Gasteiger partial charge on any atom is -0.508 e. The van der Waals surface area contributed by atoms with E-state index in [9.17, 15) is 30.4 Å². The third-order valence-corrected chi connectivity index (χ3v) is 5.85. The van der Waals surface area contributed by atoms with Gasteiger partial charge in [-0.25, -0.2) is 0 Å². The Morgan fingerprint density at radius 2 is 1.29 bits per heavy atom. The van der Waals surface area contributed by atoms with E-state index in [2.05, 4.69) is 10.6 Å². The Bertz CT molecular complexity index is 1650. The van der Waals surface area contributed by atoms with Crippen molar-refractivity contribution in [2.45, 2.75) is 6.10 Å². The molecule has 0 saturated carbocycles. The van der Waals surface area contributed by atoms with Crippen LogP contribution in [0, 0.1) is 20.2 Å². The fraction of sp³-hybridized carbons (Fsp3) is 0.0769. The summed E-state index contributed by atoms with van der Waals surface area (Å²) in [6, 6.07) is 16.4. The maximum Gasteiger partial charge on any atom is 0.518 e. The molecule has 0 aliphatic carbocycles. The Labute approximate surface area is 235 Å². The summed E-state index contributed by atoms with van der Waals surface area (Å²) in [7, 11) is 0. The molecule has 0 radical (unpaired) electrons. The Kier molecular flexibility index (Phi) is 6.93. The van der Waals surface area contributed by atoms with Crippen LogP contribution in [0.5, 0.6) is 34.5 Å². The zero-order valence-corrected chi connectivity index (χ0v) is 21.3. The quantitative estimate of drug-likeness (QED) is 0.0621. The molecule has 42 heavy (non-hydrogen) atoms. The van der Waals surface area contributed by atoms with Crippen LogP contribution >= 0.6 is 0 Å². The number of anilines is 4. The molecule has 0 fully saturated rings. The summed E-state index contributed by atoms with van der Waals surface area (Å²) in [6.45, 7) is 0.385. The van der Waals surface area contributed by atoms with E-state index in [-0.39, 0.29) is 57.2 Å². The average Bonchev–Trinajstić information content (AvgIpc) is 3.56. The second-order valence-electron chi connectivity index (χ2n) is 8.77. The monoisotopic (exact) mass is 578 g/mol. The molecular weight excluding hydrogens is 556 g/mol. The molecule has 0 saturated heterocycles. The summed E-state index contributed by atoms with van der Waals surface area (Å²) in [4.78, 5) is 20.4. The van der Waals surface area contributed by atoms with Gasteiger partial charge in [0.2, 0.25) is 0 Å². The largest absolute Gasteiger partial charge is 0.518 e. The minimum absolute atomic E-state index is 0.00327. The lowest BCUT2D eigenvalue weighted by Gasteiger charge is -2.29. The zero-order valence-electron chi connectivity index (χ0n) is 21.3. The van der Waals surface area contributed by atoms with Crippen molar-refractivity contribution in [3.8, 4) is 34.5 Å². The van der Waals surface area contributed by atoms with Crippen molar-refractivity contribution in [1.82, 2.24) is 0 Å². The van der Waals surface area contributed by atoms with Crippen molar-refractivity contribution in [3.63, 3.8) is 0 Å². The first-order valence-electron chi connectivity index (χ1n) is 12.0. The van der Waals surface area contributed by atoms with Crippen LogP contribution in [0.2, 0.25) is 0 Å². The lowest BCUT2D eigenvalue weighted by atomic mass is 10.2. The molecule has 0 atom stereocenters. The number of phenolic OH excluding ortho intramolecular Hbond substituents is 2. The number of aromatic hydroxyl groups is 2. The van der Waals surface area contributed by atoms with Crippen molar-refractivity contribution < 1.29 is 39.0 Å². The molecule has 16 nitrogen and oxygen atoms in total. The fourth-order valence-electron chi connectivity index (χ4n) is 3.87. The first kappa shape index (κ1) is 27.3. The molecule has 0 bridgehead atoms. The summed E-state index contributed by atoms with van der Waals surface area (Å²) in [5.74, 6) is 0.612. The van der Waals surface area contributed by atoms with E-state index in [0.717, 1.165) is 0 Å². The molecule has 0 spiro atoms. The highest BCUT2D eigenvalue weighted by Crippen LogP contribution is 2.43. The van der Waals surface area contributed by atoms with Crippen LogP contribution in [0.3, 0.4) is 0 Å². The number of hydrogen-bond donors (Lipinski definition) is 6. The summed E-state index contributed by atoms with van der Waals surface area (Å²) < 4.78 is 22.5. The predicted molar refractivity (Wildman–Crippen MR) is 149 cm³/mol. The van der Waals surface area contributed by atoms with E-state index >= 15 is 0 Å². The van der Waals surface area contributed by atoms with E-state index < -0.39 is 15.9 Å². The minimum atomic E-state index is -2.10. The standard InChI is InChI=1S/C19H16N4O7.C7H6N2O3/c20-13-4-2-11(24)8-17(13)29-19(30-18-9-12(25)3-5-14(18)21)22-15-7-10(23(26)27)1-6-16(15)28-19;10-9(11)5-1-2-7-6(3-5)8-4-12-7/h1-9,22,24-25H,20-21H2;1-3,8H,4H2. The molecule has 4 aromatic carbocycles. The highest BCUT2D eigenvalue weighted by Gasteiger charge is 2.47. The number of nitrogen functional groups attached to an aromatic ring is 2.